The van der Waals surface area contributed by atoms with Crippen LogP contribution < -0.4 is 11.1 Å². The fourth-order valence-electron chi connectivity index (χ4n) is 2.16. The minimum atomic E-state index is 0.332. The van der Waals surface area contributed by atoms with Crippen LogP contribution in [0.2, 0.25) is 0 Å². The first-order chi connectivity index (χ1) is 8.54. The van der Waals surface area contributed by atoms with E-state index in [1.165, 1.54) is 18.6 Å². The van der Waals surface area contributed by atoms with Gasteiger partial charge in [0.2, 0.25) is 0 Å². The van der Waals surface area contributed by atoms with E-state index >= 15 is 0 Å². The van der Waals surface area contributed by atoms with E-state index in [2.05, 4.69) is 22.2 Å². The summed E-state index contributed by atoms with van der Waals surface area (Å²) < 4.78 is 0.332. The van der Waals surface area contributed by atoms with Gasteiger partial charge in [-0.3, -0.25) is 0 Å². The largest absolute Gasteiger partial charge is 0.383 e. The fourth-order valence-corrected chi connectivity index (χ4v) is 3.40. The quantitative estimate of drug-likeness (QED) is 0.877. The van der Waals surface area contributed by atoms with Crippen LogP contribution in [0.5, 0.6) is 0 Å². The first kappa shape index (κ1) is 13.5. The number of thioether (sulfide) groups is 1. The zero-order chi connectivity index (χ0) is 13.2. The highest BCUT2D eigenvalue weighted by molar-refractivity contribution is 8.00. The second-order valence-corrected chi connectivity index (χ2v) is 6.79. The number of rotatable bonds is 4. The summed E-state index contributed by atoms with van der Waals surface area (Å²) in [5, 5.41) is 3.46. The standard InChI is InChI=1S/C13H22N4S/c1-4-10-16-11(14)9(2)12(17-10)15-8-13(3)6-5-7-18-13/h4-8H2,1-3H3,(H3,14,15,16,17). The molecule has 2 heterocycles. The molecule has 18 heavy (non-hydrogen) atoms. The van der Waals surface area contributed by atoms with E-state index in [0.29, 0.717) is 10.6 Å². The molecule has 0 radical (unpaired) electrons. The Hall–Kier alpha value is -0.970. The molecule has 4 nitrogen and oxygen atoms in total. The number of nitrogens with one attached hydrogen (secondary N) is 1. The normalized spacial score (nSPS) is 23.3. The fraction of sp³-hybridized carbons (Fsp3) is 0.692. The molecule has 3 N–H and O–H groups in total. The molecule has 0 saturated carbocycles. The lowest BCUT2D eigenvalue weighted by Gasteiger charge is -2.24. The van der Waals surface area contributed by atoms with Crippen LogP contribution in [0.4, 0.5) is 11.6 Å². The van der Waals surface area contributed by atoms with Crippen LogP contribution >= 0.6 is 11.8 Å². The van der Waals surface area contributed by atoms with Gasteiger partial charge >= 0.3 is 0 Å². The van der Waals surface area contributed by atoms with Crippen LogP contribution in [-0.2, 0) is 6.42 Å². The lowest BCUT2D eigenvalue weighted by molar-refractivity contribution is 0.633. The number of nitrogens with two attached hydrogens (primary N) is 1. The van der Waals surface area contributed by atoms with Crippen molar-refractivity contribution in [2.75, 3.05) is 23.3 Å². The van der Waals surface area contributed by atoms with Crippen molar-refractivity contribution in [1.82, 2.24) is 9.97 Å². The van der Waals surface area contributed by atoms with Crippen molar-refractivity contribution in [3.05, 3.63) is 11.4 Å². The summed E-state index contributed by atoms with van der Waals surface area (Å²) in [5.74, 6) is 3.56. The molecular formula is C13H22N4S. The molecule has 1 aliphatic heterocycles. The van der Waals surface area contributed by atoms with E-state index in [-0.39, 0.29) is 0 Å². The van der Waals surface area contributed by atoms with Crippen LogP contribution in [0.1, 0.15) is 38.1 Å². The second kappa shape index (κ2) is 5.34. The highest BCUT2D eigenvalue weighted by Gasteiger charge is 2.29. The van der Waals surface area contributed by atoms with Gasteiger partial charge < -0.3 is 11.1 Å². The zero-order valence-electron chi connectivity index (χ0n) is 11.4. The summed E-state index contributed by atoms with van der Waals surface area (Å²) in [6, 6.07) is 0. The summed E-state index contributed by atoms with van der Waals surface area (Å²) in [6.07, 6.45) is 3.39. The third kappa shape index (κ3) is 2.88. The third-order valence-electron chi connectivity index (χ3n) is 3.48. The molecule has 0 spiro atoms. The second-order valence-electron chi connectivity index (χ2n) is 5.11. The van der Waals surface area contributed by atoms with Gasteiger partial charge in [0.25, 0.3) is 0 Å². The van der Waals surface area contributed by atoms with Crippen molar-refractivity contribution in [3.63, 3.8) is 0 Å². The van der Waals surface area contributed by atoms with Crippen molar-refractivity contribution in [3.8, 4) is 0 Å². The number of aromatic nitrogens is 2. The van der Waals surface area contributed by atoms with E-state index < -0.39 is 0 Å². The summed E-state index contributed by atoms with van der Waals surface area (Å²) in [5.41, 5.74) is 6.87. The number of hydrogen-bond acceptors (Lipinski definition) is 5. The predicted molar refractivity (Wildman–Crippen MR) is 79.1 cm³/mol. The molecule has 1 unspecified atom stereocenters. The minimum Gasteiger partial charge on any atom is -0.383 e. The Morgan fingerprint density at radius 1 is 1.44 bits per heavy atom. The molecule has 1 aromatic heterocycles. The maximum Gasteiger partial charge on any atom is 0.134 e. The van der Waals surface area contributed by atoms with Gasteiger partial charge in [-0.15, -0.1) is 0 Å². The van der Waals surface area contributed by atoms with E-state index in [1.54, 1.807) is 0 Å². The number of nitrogens with zero attached hydrogens (tertiary/aromatic N) is 2. The van der Waals surface area contributed by atoms with E-state index in [0.717, 1.165) is 30.2 Å². The summed E-state index contributed by atoms with van der Waals surface area (Å²) in [4.78, 5) is 8.80. The first-order valence-electron chi connectivity index (χ1n) is 6.55. The average Bonchev–Trinajstić information content (AvgIpc) is 2.78. The van der Waals surface area contributed by atoms with Crippen molar-refractivity contribution < 1.29 is 0 Å². The zero-order valence-corrected chi connectivity index (χ0v) is 12.2. The molecule has 0 aromatic carbocycles. The molecule has 1 aromatic rings. The van der Waals surface area contributed by atoms with Crippen molar-refractivity contribution >= 4 is 23.4 Å². The summed E-state index contributed by atoms with van der Waals surface area (Å²) in [6.45, 7) is 7.28. The SMILES string of the molecule is CCc1nc(N)c(C)c(NCC2(C)CCCS2)n1. The molecular weight excluding hydrogens is 244 g/mol. The molecule has 1 atom stereocenters. The molecule has 100 valence electrons. The topological polar surface area (TPSA) is 63.8 Å². The van der Waals surface area contributed by atoms with Crippen molar-refractivity contribution in [2.45, 2.75) is 44.8 Å². The van der Waals surface area contributed by atoms with Crippen LogP contribution in [0.3, 0.4) is 0 Å². The van der Waals surface area contributed by atoms with Crippen LogP contribution in [0, 0.1) is 6.92 Å². The molecule has 1 fully saturated rings. The smallest absolute Gasteiger partial charge is 0.134 e. The van der Waals surface area contributed by atoms with Crippen LogP contribution in [0.15, 0.2) is 0 Å². The van der Waals surface area contributed by atoms with E-state index in [1.807, 2.05) is 25.6 Å². The van der Waals surface area contributed by atoms with E-state index in [9.17, 15) is 0 Å². The summed E-state index contributed by atoms with van der Waals surface area (Å²) in [7, 11) is 0. The maximum atomic E-state index is 5.92. The Labute approximate surface area is 113 Å². The predicted octanol–water partition coefficient (Wildman–Crippen LogP) is 2.63. The van der Waals surface area contributed by atoms with Gasteiger partial charge in [0.15, 0.2) is 0 Å². The highest BCUT2D eigenvalue weighted by atomic mass is 32.2. The number of nitrogen functional groups attached to an aromatic ring is 1. The number of anilines is 2. The highest BCUT2D eigenvalue weighted by Crippen LogP contribution is 2.37. The maximum absolute atomic E-state index is 5.92. The molecule has 5 heteroatoms. The lowest BCUT2D eigenvalue weighted by Crippen LogP contribution is -2.28. The van der Waals surface area contributed by atoms with Gasteiger partial charge in [-0.25, -0.2) is 9.97 Å². The van der Waals surface area contributed by atoms with Crippen molar-refractivity contribution in [1.29, 1.82) is 0 Å². The summed E-state index contributed by atoms with van der Waals surface area (Å²) >= 11 is 2.05. The molecule has 0 bridgehead atoms. The Balaban J connectivity index is 2.11. The van der Waals surface area contributed by atoms with Gasteiger partial charge in [-0.05, 0) is 32.4 Å². The molecule has 0 amide bonds. The van der Waals surface area contributed by atoms with Crippen LogP contribution in [-0.4, -0.2) is 27.0 Å². The van der Waals surface area contributed by atoms with E-state index in [4.69, 9.17) is 5.73 Å². The van der Waals surface area contributed by atoms with Crippen molar-refractivity contribution in [2.24, 2.45) is 0 Å². The van der Waals surface area contributed by atoms with Gasteiger partial charge in [0.05, 0.1) is 0 Å². The molecule has 2 rings (SSSR count). The molecule has 0 aliphatic carbocycles. The Morgan fingerprint density at radius 3 is 2.83 bits per heavy atom. The Morgan fingerprint density at radius 2 is 2.22 bits per heavy atom. The number of aryl methyl sites for hydroxylation is 1. The van der Waals surface area contributed by atoms with Gasteiger partial charge in [-0.1, -0.05) is 6.92 Å². The number of hydrogen-bond donors (Lipinski definition) is 2. The van der Waals surface area contributed by atoms with Gasteiger partial charge in [-0.2, -0.15) is 11.8 Å². The third-order valence-corrected chi connectivity index (χ3v) is 5.01. The van der Waals surface area contributed by atoms with Gasteiger partial charge in [0, 0.05) is 23.3 Å². The Kier molecular flexibility index (Phi) is 4.00. The van der Waals surface area contributed by atoms with Crippen LogP contribution in [0.25, 0.3) is 0 Å². The minimum absolute atomic E-state index is 0.332. The molecule has 1 saturated heterocycles. The lowest BCUT2D eigenvalue weighted by atomic mass is 10.1. The monoisotopic (exact) mass is 266 g/mol. The first-order valence-corrected chi connectivity index (χ1v) is 7.53. The van der Waals surface area contributed by atoms with Gasteiger partial charge in [0.1, 0.15) is 17.5 Å². The Bertz CT molecular complexity index is 427. The average molecular weight is 266 g/mol. The molecule has 1 aliphatic rings.